The third-order valence-corrected chi connectivity index (χ3v) is 4.21. The quantitative estimate of drug-likeness (QED) is 0.408. The van der Waals surface area contributed by atoms with Gasteiger partial charge < -0.3 is 14.6 Å². The summed E-state index contributed by atoms with van der Waals surface area (Å²) in [5, 5.41) is 9.57. The molecule has 1 aromatic heterocycles. The average molecular weight is 415 g/mol. The number of carboxylic acid groups (broad SMARTS) is 1. The first-order valence-corrected chi connectivity index (χ1v) is 9.63. The Morgan fingerprint density at radius 3 is 2.23 bits per heavy atom. The van der Waals surface area contributed by atoms with Gasteiger partial charge in [-0.2, -0.15) is 0 Å². The van der Waals surface area contributed by atoms with Crippen LogP contribution in [0.5, 0.6) is 11.5 Å². The number of carbonyl (C=O) groups excluding carboxylic acids is 1. The molecule has 0 fully saturated rings. The van der Waals surface area contributed by atoms with Gasteiger partial charge in [-0.1, -0.05) is 30.3 Å². The molecule has 1 heterocycles. The van der Waals surface area contributed by atoms with Crippen LogP contribution in [-0.2, 0) is 14.3 Å². The van der Waals surface area contributed by atoms with Gasteiger partial charge in [0.05, 0.1) is 12.2 Å². The zero-order valence-corrected chi connectivity index (χ0v) is 16.9. The molecule has 3 aromatic rings. The number of nitrogens with zero attached hydrogens (tertiary/aromatic N) is 1. The molecule has 31 heavy (non-hydrogen) atoms. The van der Waals surface area contributed by atoms with Crippen LogP contribution in [0.4, 0.5) is 0 Å². The Hall–Kier alpha value is -4.19. The highest BCUT2D eigenvalue weighted by Crippen LogP contribution is 2.25. The van der Waals surface area contributed by atoms with E-state index in [0.29, 0.717) is 29.2 Å². The van der Waals surface area contributed by atoms with E-state index in [1.807, 2.05) is 12.1 Å². The summed E-state index contributed by atoms with van der Waals surface area (Å²) in [6.07, 6.45) is 7.85. The minimum atomic E-state index is -1.02. The monoisotopic (exact) mass is 415 g/mol. The Balaban J connectivity index is 1.69. The lowest BCUT2D eigenvalue weighted by Gasteiger charge is -2.08. The SMILES string of the molecule is CCOC(=O)C=Cc1ccc(Oc2ccc(/C(=C\c3cccnc3)C(=O)O)cc2)cc1. The van der Waals surface area contributed by atoms with Gasteiger partial charge >= 0.3 is 11.9 Å². The van der Waals surface area contributed by atoms with Crippen LogP contribution in [0.3, 0.4) is 0 Å². The Morgan fingerprint density at radius 2 is 1.65 bits per heavy atom. The maximum atomic E-state index is 11.7. The molecule has 0 bridgehead atoms. The van der Waals surface area contributed by atoms with Crippen molar-refractivity contribution in [2.24, 2.45) is 0 Å². The summed E-state index contributed by atoms with van der Waals surface area (Å²) in [6.45, 7) is 2.09. The first kappa shape index (κ1) is 21.5. The molecule has 0 atom stereocenters. The lowest BCUT2D eigenvalue weighted by molar-refractivity contribution is -0.137. The predicted octanol–water partition coefficient (Wildman–Crippen LogP) is 5.08. The van der Waals surface area contributed by atoms with Crippen molar-refractivity contribution in [1.82, 2.24) is 4.98 Å². The molecule has 0 unspecified atom stereocenters. The third-order valence-electron chi connectivity index (χ3n) is 4.21. The second-order valence-electron chi connectivity index (χ2n) is 6.43. The van der Waals surface area contributed by atoms with E-state index in [0.717, 1.165) is 5.56 Å². The summed E-state index contributed by atoms with van der Waals surface area (Å²) in [5.74, 6) is -0.222. The molecule has 0 aliphatic rings. The van der Waals surface area contributed by atoms with E-state index >= 15 is 0 Å². The van der Waals surface area contributed by atoms with E-state index in [-0.39, 0.29) is 11.5 Å². The molecule has 0 amide bonds. The van der Waals surface area contributed by atoms with Crippen molar-refractivity contribution in [3.05, 3.63) is 95.8 Å². The van der Waals surface area contributed by atoms with E-state index in [9.17, 15) is 14.7 Å². The van der Waals surface area contributed by atoms with Gasteiger partial charge in [-0.25, -0.2) is 9.59 Å². The van der Waals surface area contributed by atoms with Crippen molar-refractivity contribution in [2.45, 2.75) is 6.92 Å². The van der Waals surface area contributed by atoms with Crippen LogP contribution >= 0.6 is 0 Å². The number of esters is 1. The van der Waals surface area contributed by atoms with Gasteiger partial charge in [-0.3, -0.25) is 4.98 Å². The second-order valence-corrected chi connectivity index (χ2v) is 6.43. The van der Waals surface area contributed by atoms with Gasteiger partial charge in [0, 0.05) is 18.5 Å². The topological polar surface area (TPSA) is 85.7 Å². The molecule has 0 saturated carbocycles. The molecule has 2 aromatic carbocycles. The molecule has 6 nitrogen and oxygen atoms in total. The summed E-state index contributed by atoms with van der Waals surface area (Å²) >= 11 is 0. The van der Waals surface area contributed by atoms with Crippen molar-refractivity contribution in [3.63, 3.8) is 0 Å². The van der Waals surface area contributed by atoms with Gasteiger partial charge in [0.1, 0.15) is 11.5 Å². The molecule has 0 saturated heterocycles. The molecular formula is C25H21NO5. The molecule has 0 spiro atoms. The number of hydrogen-bond acceptors (Lipinski definition) is 5. The smallest absolute Gasteiger partial charge is 0.336 e. The Labute approximate surface area is 180 Å². The van der Waals surface area contributed by atoms with E-state index in [2.05, 4.69) is 4.98 Å². The number of benzene rings is 2. The zero-order valence-electron chi connectivity index (χ0n) is 16.9. The number of carbonyl (C=O) groups is 2. The molecule has 0 aliphatic heterocycles. The van der Waals surface area contributed by atoms with Crippen LogP contribution in [-0.4, -0.2) is 28.6 Å². The normalized spacial score (nSPS) is 11.3. The van der Waals surface area contributed by atoms with Crippen molar-refractivity contribution < 1.29 is 24.2 Å². The highest BCUT2D eigenvalue weighted by molar-refractivity contribution is 6.20. The van der Waals surface area contributed by atoms with E-state index in [4.69, 9.17) is 9.47 Å². The average Bonchev–Trinajstić information content (AvgIpc) is 2.78. The lowest BCUT2D eigenvalue weighted by Crippen LogP contribution is -1.99. The maximum absolute atomic E-state index is 11.7. The van der Waals surface area contributed by atoms with Gasteiger partial charge in [0.2, 0.25) is 0 Å². The van der Waals surface area contributed by atoms with Crippen LogP contribution in [0.25, 0.3) is 17.7 Å². The third kappa shape index (κ3) is 6.40. The lowest BCUT2D eigenvalue weighted by atomic mass is 10.0. The molecular weight excluding hydrogens is 394 g/mol. The first-order valence-electron chi connectivity index (χ1n) is 9.63. The highest BCUT2D eigenvalue weighted by atomic mass is 16.5. The summed E-state index contributed by atoms with van der Waals surface area (Å²) in [5.41, 5.74) is 2.26. The van der Waals surface area contributed by atoms with Crippen LogP contribution in [0.2, 0.25) is 0 Å². The van der Waals surface area contributed by atoms with Crippen molar-refractivity contribution in [2.75, 3.05) is 6.61 Å². The highest BCUT2D eigenvalue weighted by Gasteiger charge is 2.11. The Bertz CT molecular complexity index is 1090. The number of hydrogen-bond donors (Lipinski definition) is 1. The molecule has 1 N–H and O–H groups in total. The minimum absolute atomic E-state index is 0.164. The van der Waals surface area contributed by atoms with Gasteiger partial charge in [-0.15, -0.1) is 0 Å². The summed E-state index contributed by atoms with van der Waals surface area (Å²) < 4.78 is 10.7. The van der Waals surface area contributed by atoms with Crippen LogP contribution < -0.4 is 4.74 Å². The van der Waals surface area contributed by atoms with E-state index in [1.54, 1.807) is 80.0 Å². The number of aliphatic carboxylic acids is 1. The largest absolute Gasteiger partial charge is 0.478 e. The van der Waals surface area contributed by atoms with Crippen LogP contribution in [0.1, 0.15) is 23.6 Å². The summed E-state index contributed by atoms with van der Waals surface area (Å²) in [4.78, 5) is 27.1. The first-order chi connectivity index (χ1) is 15.0. The van der Waals surface area contributed by atoms with Gasteiger partial charge in [0.25, 0.3) is 0 Å². The molecule has 6 heteroatoms. The van der Waals surface area contributed by atoms with Crippen molar-refractivity contribution >= 4 is 29.7 Å². The van der Waals surface area contributed by atoms with Crippen molar-refractivity contribution in [1.29, 1.82) is 0 Å². The number of carboxylic acids is 1. The maximum Gasteiger partial charge on any atom is 0.336 e. The van der Waals surface area contributed by atoms with Gasteiger partial charge in [-0.05, 0) is 66.1 Å². The molecule has 0 radical (unpaired) electrons. The van der Waals surface area contributed by atoms with Crippen LogP contribution in [0.15, 0.2) is 79.1 Å². The fourth-order valence-electron chi connectivity index (χ4n) is 2.74. The molecule has 156 valence electrons. The number of aromatic nitrogens is 1. The standard InChI is InChI=1S/C25H21NO5/c1-2-30-24(27)14-7-18-5-10-21(11-6-18)31-22-12-8-20(9-13-22)23(25(28)29)16-19-4-3-15-26-17-19/h3-17H,2H2,1H3,(H,28,29)/b14-7?,23-16+. The van der Waals surface area contributed by atoms with Crippen molar-refractivity contribution in [3.8, 4) is 11.5 Å². The Kier molecular flexibility index (Phi) is 7.32. The molecule has 0 aliphatic carbocycles. The fraction of sp³-hybridized carbons (Fsp3) is 0.0800. The number of rotatable bonds is 8. The second kappa shape index (κ2) is 10.5. The van der Waals surface area contributed by atoms with E-state index in [1.165, 1.54) is 6.08 Å². The molecule has 3 rings (SSSR count). The zero-order chi connectivity index (χ0) is 22.1. The fourth-order valence-corrected chi connectivity index (χ4v) is 2.74. The Morgan fingerprint density at radius 1 is 0.968 bits per heavy atom. The number of pyridine rings is 1. The van der Waals surface area contributed by atoms with Crippen LogP contribution in [0, 0.1) is 0 Å². The predicted molar refractivity (Wildman–Crippen MR) is 118 cm³/mol. The minimum Gasteiger partial charge on any atom is -0.478 e. The summed E-state index contributed by atoms with van der Waals surface area (Å²) in [7, 11) is 0. The van der Waals surface area contributed by atoms with Gasteiger partial charge in [0.15, 0.2) is 0 Å². The summed E-state index contributed by atoms with van der Waals surface area (Å²) in [6, 6.07) is 17.6. The number of ether oxygens (including phenoxy) is 2. The van der Waals surface area contributed by atoms with E-state index < -0.39 is 5.97 Å².